The number of rotatable bonds is 3. The Morgan fingerprint density at radius 2 is 2.05 bits per heavy atom. The van der Waals surface area contributed by atoms with Gasteiger partial charge in [0.15, 0.2) is 0 Å². The van der Waals surface area contributed by atoms with Gasteiger partial charge in [-0.25, -0.2) is 12.7 Å². The van der Waals surface area contributed by atoms with E-state index in [2.05, 4.69) is 9.59 Å². The molecule has 20 heavy (non-hydrogen) atoms. The second-order valence-electron chi connectivity index (χ2n) is 4.71. The molecule has 0 spiro atoms. The minimum absolute atomic E-state index is 0.0906. The van der Waals surface area contributed by atoms with Crippen LogP contribution in [0, 0.1) is 0 Å². The molecule has 2 heterocycles. The lowest BCUT2D eigenvalue weighted by Crippen LogP contribution is -2.37. The minimum Gasteiger partial charge on any atom is -0.336 e. The molecular formula is C11H18N4O3S2. The molecule has 1 saturated heterocycles. The van der Waals surface area contributed by atoms with Crippen molar-refractivity contribution in [3.05, 3.63) is 10.6 Å². The highest BCUT2D eigenvalue weighted by atomic mass is 32.2. The predicted molar refractivity (Wildman–Crippen MR) is 76.2 cm³/mol. The van der Waals surface area contributed by atoms with E-state index < -0.39 is 10.0 Å². The lowest BCUT2D eigenvalue weighted by Gasteiger charge is -2.20. The molecule has 0 N–H and O–H groups in total. The van der Waals surface area contributed by atoms with E-state index in [0.29, 0.717) is 49.6 Å². The van der Waals surface area contributed by atoms with Gasteiger partial charge in [0.2, 0.25) is 10.0 Å². The van der Waals surface area contributed by atoms with E-state index in [1.54, 1.807) is 4.90 Å². The first-order chi connectivity index (χ1) is 9.43. The number of hydrogen-bond acceptors (Lipinski definition) is 6. The largest absolute Gasteiger partial charge is 0.336 e. The summed E-state index contributed by atoms with van der Waals surface area (Å²) in [7, 11) is -3.19. The van der Waals surface area contributed by atoms with Crippen molar-refractivity contribution < 1.29 is 13.2 Å². The smallest absolute Gasteiger partial charge is 0.267 e. The van der Waals surface area contributed by atoms with Crippen molar-refractivity contribution >= 4 is 27.5 Å². The monoisotopic (exact) mass is 318 g/mol. The topological polar surface area (TPSA) is 83.5 Å². The highest BCUT2D eigenvalue weighted by Crippen LogP contribution is 2.16. The highest BCUT2D eigenvalue weighted by Gasteiger charge is 2.26. The van der Waals surface area contributed by atoms with E-state index in [9.17, 15) is 13.2 Å². The van der Waals surface area contributed by atoms with Crippen LogP contribution in [0.3, 0.4) is 0 Å². The van der Waals surface area contributed by atoms with Crippen LogP contribution < -0.4 is 0 Å². The molecule has 0 unspecified atom stereocenters. The van der Waals surface area contributed by atoms with E-state index in [1.165, 1.54) is 10.6 Å². The fourth-order valence-electron chi connectivity index (χ4n) is 2.17. The predicted octanol–water partition coefficient (Wildman–Crippen LogP) is 0.208. The quantitative estimate of drug-likeness (QED) is 0.795. The summed E-state index contributed by atoms with van der Waals surface area (Å²) in [5.41, 5.74) is 0.712. The molecule has 0 bridgehead atoms. The van der Waals surface area contributed by atoms with Gasteiger partial charge in [0.05, 0.1) is 11.9 Å². The highest BCUT2D eigenvalue weighted by molar-refractivity contribution is 7.88. The molecule has 1 aromatic heterocycles. The van der Waals surface area contributed by atoms with E-state index in [-0.39, 0.29) is 5.91 Å². The molecule has 0 aromatic carbocycles. The number of carbonyl (C=O) groups excluding carboxylic acids is 1. The first kappa shape index (κ1) is 15.3. The minimum atomic E-state index is -3.19. The fraction of sp³-hybridized carbons (Fsp3) is 0.727. The number of hydrogen-bond donors (Lipinski definition) is 0. The number of carbonyl (C=O) groups is 1. The second kappa shape index (κ2) is 6.15. The van der Waals surface area contributed by atoms with Gasteiger partial charge in [0.1, 0.15) is 4.88 Å². The van der Waals surface area contributed by atoms with Gasteiger partial charge in [-0.15, -0.1) is 5.10 Å². The second-order valence-corrected chi connectivity index (χ2v) is 7.45. The van der Waals surface area contributed by atoms with Gasteiger partial charge in [-0.3, -0.25) is 4.79 Å². The molecule has 1 fully saturated rings. The normalized spacial score (nSPS) is 18.0. The Balaban J connectivity index is 2.09. The molecule has 0 saturated carbocycles. The van der Waals surface area contributed by atoms with Gasteiger partial charge in [-0.2, -0.15) is 0 Å². The molecule has 1 aliphatic heterocycles. The van der Waals surface area contributed by atoms with Crippen molar-refractivity contribution in [1.82, 2.24) is 18.8 Å². The van der Waals surface area contributed by atoms with Crippen LogP contribution in [0.15, 0.2) is 0 Å². The molecular weight excluding hydrogens is 300 g/mol. The van der Waals surface area contributed by atoms with Crippen molar-refractivity contribution in [1.29, 1.82) is 0 Å². The zero-order chi connectivity index (χ0) is 14.8. The third kappa shape index (κ3) is 3.33. The average Bonchev–Trinajstić information content (AvgIpc) is 2.71. The Morgan fingerprint density at radius 3 is 2.70 bits per heavy atom. The molecule has 1 amide bonds. The molecule has 0 aliphatic carbocycles. The Kier molecular flexibility index (Phi) is 4.71. The summed E-state index contributed by atoms with van der Waals surface area (Å²) in [6, 6.07) is 0. The van der Waals surface area contributed by atoms with Gasteiger partial charge >= 0.3 is 0 Å². The first-order valence-corrected chi connectivity index (χ1v) is 9.11. The summed E-state index contributed by atoms with van der Waals surface area (Å²) in [5.74, 6) is -0.0906. The van der Waals surface area contributed by atoms with Crippen LogP contribution in [0.1, 0.15) is 28.7 Å². The summed E-state index contributed by atoms with van der Waals surface area (Å²) in [4.78, 5) is 14.7. The summed E-state index contributed by atoms with van der Waals surface area (Å²) in [6.45, 7) is 3.71. The zero-order valence-corrected chi connectivity index (χ0v) is 13.2. The number of nitrogens with zero attached hydrogens (tertiary/aromatic N) is 4. The maximum absolute atomic E-state index is 12.4. The third-order valence-corrected chi connectivity index (χ3v) is 5.36. The third-order valence-electron chi connectivity index (χ3n) is 3.30. The molecule has 2 rings (SSSR count). The van der Waals surface area contributed by atoms with E-state index in [1.807, 2.05) is 6.92 Å². The lowest BCUT2D eigenvalue weighted by atomic mass is 10.2. The van der Waals surface area contributed by atoms with Crippen LogP contribution in [-0.4, -0.2) is 65.6 Å². The Bertz CT molecular complexity index is 584. The Labute approximate surface area is 122 Å². The van der Waals surface area contributed by atoms with Gasteiger partial charge in [-0.1, -0.05) is 11.4 Å². The fourth-order valence-corrected chi connectivity index (χ4v) is 3.77. The van der Waals surface area contributed by atoms with Gasteiger partial charge < -0.3 is 4.90 Å². The Morgan fingerprint density at radius 1 is 1.30 bits per heavy atom. The standard InChI is InChI=1S/C11H18N4O3S2/c1-3-9-10(19-13-12-9)11(16)14-5-4-6-15(8-7-14)20(2,17)18/h3-8H2,1-2H3. The van der Waals surface area contributed by atoms with Crippen LogP contribution in [0.2, 0.25) is 0 Å². The summed E-state index contributed by atoms with van der Waals surface area (Å²) < 4.78 is 28.3. The van der Waals surface area contributed by atoms with Crippen molar-refractivity contribution in [2.75, 3.05) is 32.4 Å². The molecule has 9 heteroatoms. The van der Waals surface area contributed by atoms with Crippen molar-refractivity contribution in [3.63, 3.8) is 0 Å². The van der Waals surface area contributed by atoms with Gasteiger partial charge in [0, 0.05) is 26.2 Å². The van der Waals surface area contributed by atoms with Crippen molar-refractivity contribution in [3.8, 4) is 0 Å². The van der Waals surface area contributed by atoms with Crippen LogP contribution in [0.25, 0.3) is 0 Å². The van der Waals surface area contributed by atoms with Crippen LogP contribution in [0.5, 0.6) is 0 Å². The molecule has 0 radical (unpaired) electrons. The zero-order valence-electron chi connectivity index (χ0n) is 11.6. The van der Waals surface area contributed by atoms with Crippen LogP contribution in [0.4, 0.5) is 0 Å². The maximum Gasteiger partial charge on any atom is 0.267 e. The maximum atomic E-state index is 12.4. The summed E-state index contributed by atoms with van der Waals surface area (Å²) in [6.07, 6.45) is 2.51. The number of aromatic nitrogens is 2. The SMILES string of the molecule is CCc1nnsc1C(=O)N1CCCN(S(C)(=O)=O)CC1. The summed E-state index contributed by atoms with van der Waals surface area (Å²) in [5, 5.41) is 3.94. The van der Waals surface area contributed by atoms with Gasteiger partial charge in [0.25, 0.3) is 5.91 Å². The average molecular weight is 318 g/mol. The van der Waals surface area contributed by atoms with E-state index in [4.69, 9.17) is 0 Å². The Hall–Kier alpha value is -1.06. The van der Waals surface area contributed by atoms with E-state index >= 15 is 0 Å². The van der Waals surface area contributed by atoms with Crippen LogP contribution in [-0.2, 0) is 16.4 Å². The molecule has 0 atom stereocenters. The molecule has 7 nitrogen and oxygen atoms in total. The van der Waals surface area contributed by atoms with Crippen molar-refractivity contribution in [2.45, 2.75) is 19.8 Å². The first-order valence-electron chi connectivity index (χ1n) is 6.49. The number of sulfonamides is 1. The summed E-state index contributed by atoms with van der Waals surface area (Å²) >= 11 is 1.10. The molecule has 1 aromatic rings. The number of amides is 1. The molecule has 1 aliphatic rings. The lowest BCUT2D eigenvalue weighted by molar-refractivity contribution is 0.0768. The van der Waals surface area contributed by atoms with E-state index in [0.717, 1.165) is 11.5 Å². The van der Waals surface area contributed by atoms with Gasteiger partial charge in [-0.05, 0) is 24.4 Å². The molecule has 112 valence electrons. The van der Waals surface area contributed by atoms with Crippen LogP contribution >= 0.6 is 11.5 Å². The number of aryl methyl sites for hydroxylation is 1. The van der Waals surface area contributed by atoms with Crippen molar-refractivity contribution in [2.24, 2.45) is 0 Å².